The number of amides is 1. The molecule has 1 aliphatic heterocycles. The monoisotopic (exact) mass is 266 g/mol. The minimum Gasteiger partial charge on any atom is -0.356 e. The highest BCUT2D eigenvalue weighted by molar-refractivity contribution is 5.75. The van der Waals surface area contributed by atoms with E-state index in [-0.39, 0.29) is 18.4 Å². The van der Waals surface area contributed by atoms with Gasteiger partial charge in [0.05, 0.1) is 0 Å². The van der Waals surface area contributed by atoms with Crippen LogP contribution in [0.3, 0.4) is 0 Å². The lowest BCUT2D eigenvalue weighted by atomic mass is 9.96. The number of carbonyl (C=O) groups excluding carboxylic acids is 1. The summed E-state index contributed by atoms with van der Waals surface area (Å²) in [5.41, 5.74) is 0. The fraction of sp³-hybridized carbons (Fsp3) is 0.917. The number of alkyl halides is 3. The zero-order valence-corrected chi connectivity index (χ0v) is 10.6. The fourth-order valence-electron chi connectivity index (χ4n) is 2.21. The second-order valence-corrected chi connectivity index (χ2v) is 4.78. The van der Waals surface area contributed by atoms with Crippen LogP contribution in [-0.2, 0) is 4.79 Å². The van der Waals surface area contributed by atoms with Gasteiger partial charge in [0, 0.05) is 19.0 Å². The van der Waals surface area contributed by atoms with E-state index < -0.39 is 12.2 Å². The second-order valence-electron chi connectivity index (χ2n) is 4.78. The zero-order chi connectivity index (χ0) is 13.6. The third-order valence-corrected chi connectivity index (χ3v) is 3.17. The summed E-state index contributed by atoms with van der Waals surface area (Å²) in [6.07, 6.45) is -0.859. The summed E-state index contributed by atoms with van der Waals surface area (Å²) in [7, 11) is 0. The standard InChI is InChI=1S/C12H21F3N2O/c1-2-4-11(18)16-8-7-9-5-3-6-10(17-9)12(13,14)15/h9-10,17H,2-8H2,1H3,(H,16,18). The molecule has 106 valence electrons. The summed E-state index contributed by atoms with van der Waals surface area (Å²) in [5, 5.41) is 5.35. The Balaban J connectivity index is 2.24. The predicted molar refractivity (Wildman–Crippen MR) is 63.2 cm³/mol. The molecule has 1 fully saturated rings. The summed E-state index contributed by atoms with van der Waals surface area (Å²) in [6.45, 7) is 2.36. The topological polar surface area (TPSA) is 41.1 Å². The molecule has 1 amide bonds. The first-order valence-corrected chi connectivity index (χ1v) is 6.53. The molecule has 2 N–H and O–H groups in total. The summed E-state index contributed by atoms with van der Waals surface area (Å²) < 4.78 is 37.6. The second kappa shape index (κ2) is 6.97. The van der Waals surface area contributed by atoms with Crippen LogP contribution < -0.4 is 10.6 Å². The first-order chi connectivity index (χ1) is 8.43. The van der Waals surface area contributed by atoms with E-state index in [1.807, 2.05) is 6.92 Å². The van der Waals surface area contributed by atoms with Gasteiger partial charge in [-0.3, -0.25) is 4.79 Å². The maximum Gasteiger partial charge on any atom is 0.403 e. The number of carbonyl (C=O) groups is 1. The average Bonchev–Trinajstić information content (AvgIpc) is 2.29. The normalized spacial score (nSPS) is 24.9. The average molecular weight is 266 g/mol. The van der Waals surface area contributed by atoms with Crippen LogP contribution in [0.2, 0.25) is 0 Å². The molecular weight excluding hydrogens is 245 g/mol. The van der Waals surface area contributed by atoms with Gasteiger partial charge in [0.2, 0.25) is 5.91 Å². The van der Waals surface area contributed by atoms with Crippen LogP contribution in [0.4, 0.5) is 13.2 Å². The molecule has 0 aliphatic carbocycles. The molecule has 18 heavy (non-hydrogen) atoms. The van der Waals surface area contributed by atoms with Gasteiger partial charge < -0.3 is 10.6 Å². The van der Waals surface area contributed by atoms with Gasteiger partial charge >= 0.3 is 6.18 Å². The molecule has 3 nitrogen and oxygen atoms in total. The van der Waals surface area contributed by atoms with Gasteiger partial charge in [-0.2, -0.15) is 13.2 Å². The van der Waals surface area contributed by atoms with E-state index in [2.05, 4.69) is 10.6 Å². The van der Waals surface area contributed by atoms with Crippen LogP contribution >= 0.6 is 0 Å². The Labute approximate surface area is 106 Å². The van der Waals surface area contributed by atoms with E-state index in [0.717, 1.165) is 12.8 Å². The van der Waals surface area contributed by atoms with Gasteiger partial charge in [-0.05, 0) is 25.7 Å². The van der Waals surface area contributed by atoms with Crippen molar-refractivity contribution in [2.75, 3.05) is 6.54 Å². The highest BCUT2D eigenvalue weighted by Crippen LogP contribution is 2.28. The third kappa shape index (κ3) is 5.25. The molecule has 6 heteroatoms. The van der Waals surface area contributed by atoms with E-state index in [0.29, 0.717) is 25.8 Å². The lowest BCUT2D eigenvalue weighted by molar-refractivity contribution is -0.163. The number of piperidine rings is 1. The van der Waals surface area contributed by atoms with Crippen molar-refractivity contribution in [1.29, 1.82) is 0 Å². The van der Waals surface area contributed by atoms with Crippen molar-refractivity contribution in [3.05, 3.63) is 0 Å². The van der Waals surface area contributed by atoms with Crippen molar-refractivity contribution < 1.29 is 18.0 Å². The Hall–Kier alpha value is -0.780. The van der Waals surface area contributed by atoms with E-state index >= 15 is 0 Å². The molecule has 2 atom stereocenters. The molecule has 1 heterocycles. The highest BCUT2D eigenvalue weighted by atomic mass is 19.4. The molecule has 1 saturated heterocycles. The van der Waals surface area contributed by atoms with Crippen LogP contribution in [-0.4, -0.2) is 30.7 Å². The number of halogens is 3. The van der Waals surface area contributed by atoms with Crippen LogP contribution in [0.5, 0.6) is 0 Å². The van der Waals surface area contributed by atoms with Gasteiger partial charge in [-0.1, -0.05) is 13.3 Å². The maximum absolute atomic E-state index is 12.5. The molecule has 1 rings (SSSR count). The Morgan fingerprint density at radius 1 is 1.39 bits per heavy atom. The molecule has 0 aromatic rings. The number of hydrogen-bond acceptors (Lipinski definition) is 2. The van der Waals surface area contributed by atoms with Crippen LogP contribution in [0.1, 0.15) is 45.4 Å². The first-order valence-electron chi connectivity index (χ1n) is 6.53. The molecule has 0 aromatic heterocycles. The molecule has 1 aliphatic rings. The van der Waals surface area contributed by atoms with E-state index in [1.54, 1.807) is 0 Å². The zero-order valence-electron chi connectivity index (χ0n) is 10.6. The van der Waals surface area contributed by atoms with E-state index in [1.165, 1.54) is 0 Å². The van der Waals surface area contributed by atoms with Gasteiger partial charge in [0.1, 0.15) is 6.04 Å². The molecule has 0 spiro atoms. The SMILES string of the molecule is CCCC(=O)NCCC1CCCC(C(F)(F)F)N1. The summed E-state index contributed by atoms with van der Waals surface area (Å²) in [6, 6.07) is -1.53. The molecular formula is C12H21F3N2O. The van der Waals surface area contributed by atoms with Gasteiger partial charge in [0.15, 0.2) is 0 Å². The minimum atomic E-state index is -4.16. The molecule has 0 saturated carbocycles. The number of rotatable bonds is 5. The molecule has 2 unspecified atom stereocenters. The van der Waals surface area contributed by atoms with Crippen molar-refractivity contribution in [3.8, 4) is 0 Å². The Morgan fingerprint density at radius 3 is 2.72 bits per heavy atom. The summed E-state index contributed by atoms with van der Waals surface area (Å²) in [5.74, 6) is -0.0271. The highest BCUT2D eigenvalue weighted by Gasteiger charge is 2.41. The van der Waals surface area contributed by atoms with Gasteiger partial charge in [-0.15, -0.1) is 0 Å². The van der Waals surface area contributed by atoms with Crippen LogP contribution in [0.25, 0.3) is 0 Å². The quantitative estimate of drug-likeness (QED) is 0.802. The van der Waals surface area contributed by atoms with Crippen molar-refractivity contribution in [3.63, 3.8) is 0 Å². The molecule has 0 aromatic carbocycles. The maximum atomic E-state index is 12.5. The minimum absolute atomic E-state index is 0.0271. The fourth-order valence-corrected chi connectivity index (χ4v) is 2.21. The van der Waals surface area contributed by atoms with Crippen molar-refractivity contribution in [2.45, 2.75) is 63.7 Å². The van der Waals surface area contributed by atoms with Crippen molar-refractivity contribution >= 4 is 5.91 Å². The Morgan fingerprint density at radius 2 is 2.11 bits per heavy atom. The summed E-state index contributed by atoms with van der Waals surface area (Å²) in [4.78, 5) is 11.2. The smallest absolute Gasteiger partial charge is 0.356 e. The number of hydrogen-bond donors (Lipinski definition) is 2. The number of nitrogens with one attached hydrogen (secondary N) is 2. The van der Waals surface area contributed by atoms with E-state index in [9.17, 15) is 18.0 Å². The third-order valence-electron chi connectivity index (χ3n) is 3.17. The summed E-state index contributed by atoms with van der Waals surface area (Å²) >= 11 is 0. The Bertz CT molecular complexity index is 269. The van der Waals surface area contributed by atoms with Crippen molar-refractivity contribution in [2.24, 2.45) is 0 Å². The van der Waals surface area contributed by atoms with Crippen LogP contribution in [0.15, 0.2) is 0 Å². The lowest BCUT2D eigenvalue weighted by Gasteiger charge is -2.32. The Kier molecular flexibility index (Phi) is 5.91. The van der Waals surface area contributed by atoms with Gasteiger partial charge in [0.25, 0.3) is 0 Å². The van der Waals surface area contributed by atoms with Gasteiger partial charge in [-0.25, -0.2) is 0 Å². The molecule has 0 radical (unpaired) electrons. The lowest BCUT2D eigenvalue weighted by Crippen LogP contribution is -2.51. The first kappa shape index (κ1) is 15.3. The van der Waals surface area contributed by atoms with Crippen molar-refractivity contribution in [1.82, 2.24) is 10.6 Å². The largest absolute Gasteiger partial charge is 0.403 e. The van der Waals surface area contributed by atoms with Crippen LogP contribution in [0, 0.1) is 0 Å². The molecule has 0 bridgehead atoms. The van der Waals surface area contributed by atoms with E-state index in [4.69, 9.17) is 0 Å². The predicted octanol–water partition coefficient (Wildman–Crippen LogP) is 2.37.